The molecule has 1 atom stereocenters. The van der Waals surface area contributed by atoms with Crippen molar-refractivity contribution < 1.29 is 0 Å². The van der Waals surface area contributed by atoms with Gasteiger partial charge in [-0.1, -0.05) is 12.1 Å². The number of rotatable bonds is 2. The van der Waals surface area contributed by atoms with Crippen LogP contribution in [0.2, 0.25) is 0 Å². The van der Waals surface area contributed by atoms with Gasteiger partial charge in [-0.3, -0.25) is 0 Å². The van der Waals surface area contributed by atoms with Gasteiger partial charge in [-0.05, 0) is 50.4 Å². The first-order chi connectivity index (χ1) is 8.34. The third-order valence-corrected chi connectivity index (χ3v) is 3.71. The minimum absolute atomic E-state index is 0.752. The lowest BCUT2D eigenvalue weighted by Gasteiger charge is -2.23. The Kier molecular flexibility index (Phi) is 2.85. The van der Waals surface area contributed by atoms with Gasteiger partial charge in [0, 0.05) is 6.54 Å². The van der Waals surface area contributed by atoms with E-state index >= 15 is 0 Å². The van der Waals surface area contributed by atoms with Crippen LogP contribution in [0.25, 0.3) is 11.0 Å². The van der Waals surface area contributed by atoms with Crippen molar-refractivity contribution in [1.82, 2.24) is 14.9 Å². The molecular formula is C14H19N3. The highest BCUT2D eigenvalue weighted by atomic mass is 15.1. The van der Waals surface area contributed by atoms with E-state index in [2.05, 4.69) is 40.0 Å². The fourth-order valence-corrected chi connectivity index (χ4v) is 2.74. The number of piperidine rings is 1. The van der Waals surface area contributed by atoms with Crippen LogP contribution in [-0.2, 0) is 6.54 Å². The van der Waals surface area contributed by atoms with E-state index in [0.717, 1.165) is 24.5 Å². The fourth-order valence-electron chi connectivity index (χ4n) is 2.74. The molecule has 3 nitrogen and oxygen atoms in total. The maximum absolute atomic E-state index is 4.53. The Morgan fingerprint density at radius 3 is 3.24 bits per heavy atom. The molecule has 0 saturated carbocycles. The van der Waals surface area contributed by atoms with Crippen LogP contribution >= 0.6 is 0 Å². The molecule has 1 aromatic carbocycles. The zero-order valence-corrected chi connectivity index (χ0v) is 10.3. The number of fused-ring (bicyclic) bond motifs is 1. The summed E-state index contributed by atoms with van der Waals surface area (Å²) in [5.41, 5.74) is 3.69. The first-order valence-electron chi connectivity index (χ1n) is 6.46. The predicted octanol–water partition coefficient (Wildman–Crippen LogP) is 2.34. The van der Waals surface area contributed by atoms with Gasteiger partial charge in [0.25, 0.3) is 0 Å². The molecule has 0 radical (unpaired) electrons. The third-order valence-electron chi connectivity index (χ3n) is 3.71. The monoisotopic (exact) mass is 229 g/mol. The average molecular weight is 229 g/mol. The summed E-state index contributed by atoms with van der Waals surface area (Å²) in [5, 5.41) is 3.47. The van der Waals surface area contributed by atoms with Crippen LogP contribution in [0.15, 0.2) is 24.5 Å². The third kappa shape index (κ3) is 2.07. The van der Waals surface area contributed by atoms with Crippen LogP contribution in [0, 0.1) is 12.8 Å². The fraction of sp³-hybridized carbons (Fsp3) is 0.500. The predicted molar refractivity (Wildman–Crippen MR) is 70.1 cm³/mol. The molecule has 90 valence electrons. The molecule has 3 rings (SSSR count). The van der Waals surface area contributed by atoms with Crippen LogP contribution < -0.4 is 5.32 Å². The maximum atomic E-state index is 4.53. The van der Waals surface area contributed by atoms with E-state index in [0.29, 0.717) is 0 Å². The summed E-state index contributed by atoms with van der Waals surface area (Å²) in [6, 6.07) is 6.42. The minimum Gasteiger partial charge on any atom is -0.330 e. The average Bonchev–Trinajstić information content (AvgIpc) is 2.76. The van der Waals surface area contributed by atoms with Crippen molar-refractivity contribution in [3.63, 3.8) is 0 Å². The molecule has 1 aliphatic rings. The van der Waals surface area contributed by atoms with Gasteiger partial charge in [0.15, 0.2) is 0 Å². The lowest BCUT2D eigenvalue weighted by molar-refractivity contribution is 0.340. The number of hydrogen-bond donors (Lipinski definition) is 1. The SMILES string of the molecule is Cc1cccc2c1ncn2CC1CCCNC1. The lowest BCUT2D eigenvalue weighted by atomic mass is 9.99. The van der Waals surface area contributed by atoms with Crippen LogP contribution in [0.5, 0.6) is 0 Å². The lowest BCUT2D eigenvalue weighted by Crippen LogP contribution is -2.32. The molecule has 1 aliphatic heterocycles. The van der Waals surface area contributed by atoms with Gasteiger partial charge < -0.3 is 9.88 Å². The Labute approximate surface area is 102 Å². The summed E-state index contributed by atoms with van der Waals surface area (Å²) in [4.78, 5) is 4.53. The highest BCUT2D eigenvalue weighted by Crippen LogP contribution is 2.19. The van der Waals surface area contributed by atoms with Gasteiger partial charge in [-0.2, -0.15) is 0 Å². The molecule has 1 N–H and O–H groups in total. The number of hydrogen-bond acceptors (Lipinski definition) is 2. The molecule has 1 aromatic heterocycles. The number of benzene rings is 1. The molecule has 2 heterocycles. The first-order valence-corrected chi connectivity index (χ1v) is 6.46. The Bertz CT molecular complexity index is 509. The highest BCUT2D eigenvalue weighted by Gasteiger charge is 2.14. The molecule has 0 spiro atoms. The second kappa shape index (κ2) is 4.49. The van der Waals surface area contributed by atoms with Gasteiger partial charge in [0.1, 0.15) is 0 Å². The van der Waals surface area contributed by atoms with Crippen molar-refractivity contribution >= 4 is 11.0 Å². The molecular weight excluding hydrogens is 210 g/mol. The zero-order chi connectivity index (χ0) is 11.7. The largest absolute Gasteiger partial charge is 0.330 e. The highest BCUT2D eigenvalue weighted by molar-refractivity contribution is 5.78. The topological polar surface area (TPSA) is 29.9 Å². The van der Waals surface area contributed by atoms with Gasteiger partial charge >= 0.3 is 0 Å². The number of imidazole rings is 1. The zero-order valence-electron chi connectivity index (χ0n) is 10.3. The van der Waals surface area contributed by atoms with E-state index in [1.165, 1.54) is 30.5 Å². The summed E-state index contributed by atoms with van der Waals surface area (Å²) >= 11 is 0. The summed E-state index contributed by atoms with van der Waals surface area (Å²) < 4.78 is 2.31. The van der Waals surface area contributed by atoms with Crippen LogP contribution in [0.3, 0.4) is 0 Å². The normalized spacial score (nSPS) is 20.9. The molecule has 0 bridgehead atoms. The molecule has 17 heavy (non-hydrogen) atoms. The quantitative estimate of drug-likeness (QED) is 0.856. The summed E-state index contributed by atoms with van der Waals surface area (Å²) in [5.74, 6) is 0.752. The van der Waals surface area contributed by atoms with Gasteiger partial charge in [-0.15, -0.1) is 0 Å². The standard InChI is InChI=1S/C14H19N3/c1-11-4-2-6-13-14(11)16-10-17(13)9-12-5-3-7-15-8-12/h2,4,6,10,12,15H,3,5,7-9H2,1H3. The van der Waals surface area contributed by atoms with Gasteiger partial charge in [0.05, 0.1) is 17.4 Å². The number of aryl methyl sites for hydroxylation is 1. The van der Waals surface area contributed by atoms with Crippen molar-refractivity contribution in [3.05, 3.63) is 30.1 Å². The van der Waals surface area contributed by atoms with Crippen LogP contribution in [0.4, 0.5) is 0 Å². The molecule has 0 amide bonds. The molecule has 1 saturated heterocycles. The number of nitrogens with zero attached hydrogens (tertiary/aromatic N) is 2. The molecule has 0 aliphatic carbocycles. The Morgan fingerprint density at radius 1 is 1.47 bits per heavy atom. The van der Waals surface area contributed by atoms with Crippen molar-refractivity contribution in [2.24, 2.45) is 5.92 Å². The molecule has 1 unspecified atom stereocenters. The number of nitrogens with one attached hydrogen (secondary N) is 1. The minimum atomic E-state index is 0.752. The van der Waals surface area contributed by atoms with Crippen molar-refractivity contribution in [2.45, 2.75) is 26.3 Å². The van der Waals surface area contributed by atoms with Gasteiger partial charge in [-0.25, -0.2) is 4.98 Å². The van der Waals surface area contributed by atoms with Crippen molar-refractivity contribution in [1.29, 1.82) is 0 Å². The Hall–Kier alpha value is -1.35. The summed E-state index contributed by atoms with van der Waals surface area (Å²) in [6.07, 6.45) is 4.63. The van der Waals surface area contributed by atoms with Gasteiger partial charge in [0.2, 0.25) is 0 Å². The van der Waals surface area contributed by atoms with Crippen LogP contribution in [-0.4, -0.2) is 22.6 Å². The van der Waals surface area contributed by atoms with Crippen LogP contribution in [0.1, 0.15) is 18.4 Å². The maximum Gasteiger partial charge on any atom is 0.0958 e. The second-order valence-electron chi connectivity index (χ2n) is 5.05. The smallest absolute Gasteiger partial charge is 0.0958 e. The first kappa shape index (κ1) is 10.8. The van der Waals surface area contributed by atoms with E-state index in [-0.39, 0.29) is 0 Å². The van der Waals surface area contributed by atoms with E-state index in [1.807, 2.05) is 6.33 Å². The number of aromatic nitrogens is 2. The Balaban J connectivity index is 1.87. The Morgan fingerprint density at radius 2 is 2.41 bits per heavy atom. The molecule has 1 fully saturated rings. The molecule has 3 heteroatoms. The van der Waals surface area contributed by atoms with Crippen molar-refractivity contribution in [2.75, 3.05) is 13.1 Å². The van der Waals surface area contributed by atoms with E-state index in [1.54, 1.807) is 0 Å². The van der Waals surface area contributed by atoms with E-state index in [4.69, 9.17) is 0 Å². The summed E-state index contributed by atoms with van der Waals surface area (Å²) in [7, 11) is 0. The van der Waals surface area contributed by atoms with Crippen molar-refractivity contribution in [3.8, 4) is 0 Å². The van der Waals surface area contributed by atoms with E-state index in [9.17, 15) is 0 Å². The van der Waals surface area contributed by atoms with E-state index < -0.39 is 0 Å². The number of para-hydroxylation sites is 1. The molecule has 2 aromatic rings. The second-order valence-corrected chi connectivity index (χ2v) is 5.05. The summed E-state index contributed by atoms with van der Waals surface area (Å²) in [6.45, 7) is 5.54.